The third-order valence-electron chi connectivity index (χ3n) is 8.93. The lowest BCUT2D eigenvalue weighted by atomic mass is 9.48. The summed E-state index contributed by atoms with van der Waals surface area (Å²) in [6.07, 6.45) is 11.4. The van der Waals surface area contributed by atoms with Gasteiger partial charge in [0.25, 0.3) is 0 Å². The second kappa shape index (κ2) is 5.07. The van der Waals surface area contributed by atoms with Crippen LogP contribution in [0.4, 0.5) is 0 Å². The van der Waals surface area contributed by atoms with Crippen molar-refractivity contribution in [3.8, 4) is 0 Å². The predicted molar refractivity (Wildman–Crippen MR) is 95.8 cm³/mol. The molecule has 0 aromatic heterocycles. The molecule has 0 spiro atoms. The molecule has 0 aromatic carbocycles. The second-order valence-corrected chi connectivity index (χ2v) is 9.80. The fourth-order valence-electron chi connectivity index (χ4n) is 7.47. The van der Waals surface area contributed by atoms with Crippen molar-refractivity contribution in [1.29, 1.82) is 0 Å². The number of carbonyl (C=O) groups excluding carboxylic acids is 1. The van der Waals surface area contributed by atoms with Gasteiger partial charge in [-0.1, -0.05) is 32.9 Å². The van der Waals surface area contributed by atoms with E-state index in [0.717, 1.165) is 0 Å². The van der Waals surface area contributed by atoms with E-state index in [1.54, 1.807) is 0 Å². The SMILES string of the molecule is C[C@H](CO)[C@H]1CC[C@H]2[C@@H]3C=CC4=CC(=O)[C@@H]5O[C@@H]5[C@]4(C)[C@H]3CC[C@]12C. The summed E-state index contributed by atoms with van der Waals surface area (Å²) >= 11 is 0. The van der Waals surface area contributed by atoms with Gasteiger partial charge < -0.3 is 9.84 Å². The van der Waals surface area contributed by atoms with Crippen LogP contribution in [0.3, 0.4) is 0 Å². The van der Waals surface area contributed by atoms with Gasteiger partial charge >= 0.3 is 0 Å². The molecule has 4 aliphatic carbocycles. The average Bonchev–Trinajstić information content (AvgIpc) is 3.33. The lowest BCUT2D eigenvalue weighted by Gasteiger charge is -2.56. The Balaban J connectivity index is 1.52. The first-order chi connectivity index (χ1) is 11.9. The van der Waals surface area contributed by atoms with Crippen molar-refractivity contribution < 1.29 is 14.6 Å². The minimum absolute atomic E-state index is 0.0139. The van der Waals surface area contributed by atoms with Crippen LogP contribution in [0.1, 0.15) is 46.5 Å². The first-order valence-corrected chi connectivity index (χ1v) is 10.1. The number of hydrogen-bond donors (Lipinski definition) is 1. The molecule has 136 valence electrons. The van der Waals surface area contributed by atoms with Crippen LogP contribution in [0.25, 0.3) is 0 Å². The summed E-state index contributed by atoms with van der Waals surface area (Å²) in [5.74, 6) is 3.09. The molecule has 3 heteroatoms. The van der Waals surface area contributed by atoms with Crippen molar-refractivity contribution >= 4 is 5.78 Å². The molecule has 3 fully saturated rings. The molecule has 2 saturated carbocycles. The molecule has 1 N–H and O–H groups in total. The standard InChI is InChI=1S/C22H30O3/c1-12(11-23)15-6-7-16-14-5-4-13-10-18(24)19-20(25-19)22(13,3)17(14)8-9-21(15,16)2/h4-5,10,12,14-17,19-20,23H,6-9,11H2,1-3H3/t12-,14+,15-,16+,17+,19+,20+,21-,22+/m1/s1. The molecule has 1 heterocycles. The van der Waals surface area contributed by atoms with Crippen molar-refractivity contribution in [2.45, 2.75) is 58.7 Å². The minimum atomic E-state index is -0.167. The van der Waals surface area contributed by atoms with Gasteiger partial charge in [0.15, 0.2) is 5.78 Å². The number of ketones is 1. The van der Waals surface area contributed by atoms with Crippen molar-refractivity contribution in [1.82, 2.24) is 0 Å². The number of hydrogen-bond acceptors (Lipinski definition) is 3. The molecule has 9 atom stereocenters. The van der Waals surface area contributed by atoms with E-state index < -0.39 is 0 Å². The van der Waals surface area contributed by atoms with Crippen LogP contribution in [0.15, 0.2) is 23.8 Å². The smallest absolute Gasteiger partial charge is 0.187 e. The lowest BCUT2D eigenvalue weighted by molar-refractivity contribution is -0.116. The molecule has 1 aliphatic heterocycles. The van der Waals surface area contributed by atoms with Gasteiger partial charge in [-0.2, -0.15) is 0 Å². The zero-order valence-corrected chi connectivity index (χ0v) is 15.6. The molecule has 0 bridgehead atoms. The Morgan fingerprint density at radius 2 is 2.08 bits per heavy atom. The molecule has 3 nitrogen and oxygen atoms in total. The second-order valence-electron chi connectivity index (χ2n) is 9.80. The number of epoxide rings is 1. The van der Waals surface area contributed by atoms with E-state index >= 15 is 0 Å². The topological polar surface area (TPSA) is 49.8 Å². The first kappa shape index (κ1) is 16.3. The number of aliphatic hydroxyl groups excluding tert-OH is 1. The maximum atomic E-state index is 12.1. The van der Waals surface area contributed by atoms with Crippen LogP contribution in [-0.2, 0) is 9.53 Å². The Hall–Kier alpha value is -0.930. The van der Waals surface area contributed by atoms with E-state index in [4.69, 9.17) is 4.74 Å². The molecule has 0 unspecified atom stereocenters. The van der Waals surface area contributed by atoms with E-state index in [2.05, 4.69) is 32.9 Å². The highest BCUT2D eigenvalue weighted by molar-refractivity contribution is 5.98. The molecule has 0 aromatic rings. The van der Waals surface area contributed by atoms with Crippen LogP contribution < -0.4 is 0 Å². The van der Waals surface area contributed by atoms with Gasteiger partial charge in [0.1, 0.15) is 12.2 Å². The van der Waals surface area contributed by atoms with Gasteiger partial charge in [-0.3, -0.25) is 4.79 Å². The Morgan fingerprint density at radius 3 is 2.84 bits per heavy atom. The summed E-state index contributed by atoms with van der Waals surface area (Å²) in [5, 5.41) is 9.72. The molecule has 0 radical (unpaired) electrons. The fraction of sp³-hybridized carbons (Fsp3) is 0.773. The number of ether oxygens (including phenoxy) is 1. The summed E-state index contributed by atoms with van der Waals surface area (Å²) in [4.78, 5) is 12.1. The monoisotopic (exact) mass is 342 g/mol. The Bertz CT molecular complexity index is 679. The molecule has 25 heavy (non-hydrogen) atoms. The van der Waals surface area contributed by atoms with Gasteiger partial charge in [0.2, 0.25) is 0 Å². The number of allylic oxidation sites excluding steroid dienone is 2. The molecule has 1 saturated heterocycles. The maximum absolute atomic E-state index is 12.1. The van der Waals surface area contributed by atoms with Crippen LogP contribution in [0.5, 0.6) is 0 Å². The van der Waals surface area contributed by atoms with Crippen LogP contribution in [0.2, 0.25) is 0 Å². The van der Waals surface area contributed by atoms with Crippen molar-refractivity contribution in [2.75, 3.05) is 6.61 Å². The summed E-state index contributed by atoms with van der Waals surface area (Å²) in [5.41, 5.74) is 1.57. The highest BCUT2D eigenvalue weighted by atomic mass is 16.6. The van der Waals surface area contributed by atoms with Crippen molar-refractivity contribution in [3.05, 3.63) is 23.8 Å². The summed E-state index contributed by atoms with van der Waals surface area (Å²) < 4.78 is 5.86. The van der Waals surface area contributed by atoms with Gasteiger partial charge in [-0.25, -0.2) is 0 Å². The minimum Gasteiger partial charge on any atom is -0.396 e. The quantitative estimate of drug-likeness (QED) is 0.781. The summed E-state index contributed by atoms with van der Waals surface area (Å²) in [7, 11) is 0. The van der Waals surface area contributed by atoms with E-state index in [9.17, 15) is 9.90 Å². The van der Waals surface area contributed by atoms with Crippen molar-refractivity contribution in [2.24, 2.45) is 40.4 Å². The zero-order chi connectivity index (χ0) is 17.6. The van der Waals surface area contributed by atoms with E-state index in [-0.39, 0.29) is 23.4 Å². The van der Waals surface area contributed by atoms with Crippen LogP contribution in [0, 0.1) is 40.4 Å². The van der Waals surface area contributed by atoms with Gasteiger partial charge in [0.05, 0.1) is 0 Å². The number of aliphatic hydroxyl groups is 1. The van der Waals surface area contributed by atoms with Crippen LogP contribution in [-0.4, -0.2) is 29.7 Å². The molecule has 0 amide bonds. The molecular weight excluding hydrogens is 312 g/mol. The van der Waals surface area contributed by atoms with Crippen molar-refractivity contribution in [3.63, 3.8) is 0 Å². The summed E-state index contributed by atoms with van der Waals surface area (Å²) in [6.45, 7) is 7.36. The molecule has 5 rings (SSSR count). The molecular formula is C22H30O3. The Labute approximate surface area is 150 Å². The van der Waals surface area contributed by atoms with E-state index in [0.29, 0.717) is 41.6 Å². The summed E-state index contributed by atoms with van der Waals surface area (Å²) in [6, 6.07) is 0. The highest BCUT2D eigenvalue weighted by Crippen LogP contribution is 2.67. The first-order valence-electron chi connectivity index (χ1n) is 10.1. The third-order valence-corrected chi connectivity index (χ3v) is 8.93. The maximum Gasteiger partial charge on any atom is 0.187 e. The highest BCUT2D eigenvalue weighted by Gasteiger charge is 2.66. The average molecular weight is 342 g/mol. The lowest BCUT2D eigenvalue weighted by Crippen LogP contribution is -2.52. The Morgan fingerprint density at radius 1 is 1.28 bits per heavy atom. The third kappa shape index (κ3) is 1.92. The largest absolute Gasteiger partial charge is 0.396 e. The zero-order valence-electron chi connectivity index (χ0n) is 15.6. The predicted octanol–water partition coefficient (Wildman–Crippen LogP) is 3.53. The van der Waals surface area contributed by atoms with E-state index in [1.165, 1.54) is 31.3 Å². The number of carbonyl (C=O) groups is 1. The number of rotatable bonds is 2. The number of fused-ring (bicyclic) bond motifs is 7. The van der Waals surface area contributed by atoms with Gasteiger partial charge in [-0.15, -0.1) is 0 Å². The Kier molecular flexibility index (Phi) is 3.30. The normalized spacial score (nSPS) is 54.1. The fourth-order valence-corrected chi connectivity index (χ4v) is 7.47. The van der Waals surface area contributed by atoms with E-state index in [1.807, 2.05) is 6.08 Å². The van der Waals surface area contributed by atoms with Gasteiger partial charge in [0, 0.05) is 12.0 Å². The van der Waals surface area contributed by atoms with Gasteiger partial charge in [-0.05, 0) is 72.3 Å². The van der Waals surface area contributed by atoms with Crippen LogP contribution >= 0.6 is 0 Å². The molecule has 5 aliphatic rings.